The molecule has 0 aliphatic heterocycles. The van der Waals surface area contributed by atoms with E-state index in [9.17, 15) is 14.9 Å². The Morgan fingerprint density at radius 3 is 2.39 bits per heavy atom. The third kappa shape index (κ3) is 4.95. The van der Waals surface area contributed by atoms with Gasteiger partial charge in [0, 0.05) is 29.7 Å². The van der Waals surface area contributed by atoms with Gasteiger partial charge in [-0.05, 0) is 59.7 Å². The summed E-state index contributed by atoms with van der Waals surface area (Å²) in [5, 5.41) is 14.1. The molecule has 0 saturated carbocycles. The summed E-state index contributed by atoms with van der Waals surface area (Å²) in [5.74, 6) is 0.344. The molecule has 1 N–H and O–H groups in total. The zero-order valence-electron chi connectivity index (χ0n) is 15.3. The number of benzene rings is 2. The molecule has 6 nitrogen and oxygen atoms in total. The van der Waals surface area contributed by atoms with Gasteiger partial charge in [0.05, 0.1) is 9.82 Å². The molecule has 0 radical (unpaired) electrons. The summed E-state index contributed by atoms with van der Waals surface area (Å²) in [6.07, 6.45) is 4.29. The van der Waals surface area contributed by atoms with Crippen molar-refractivity contribution in [2.45, 2.75) is 18.2 Å². The van der Waals surface area contributed by atoms with Crippen molar-refractivity contribution in [2.75, 3.05) is 11.1 Å². The van der Waals surface area contributed by atoms with Gasteiger partial charge >= 0.3 is 0 Å². The molecule has 1 aromatic heterocycles. The van der Waals surface area contributed by atoms with E-state index in [1.54, 1.807) is 24.5 Å². The van der Waals surface area contributed by atoms with E-state index in [0.29, 0.717) is 10.6 Å². The first-order valence-electron chi connectivity index (χ1n) is 8.77. The van der Waals surface area contributed by atoms with Crippen LogP contribution in [0.4, 0.5) is 11.4 Å². The molecule has 0 spiro atoms. The SMILES string of the molecule is CCSc1ccc(C(=O)Nc2ccc(Cc3ccncc3)cc2)cc1[N+](=O)[O-]. The Hall–Kier alpha value is -3.19. The predicted octanol–water partition coefficient (Wildman–Crippen LogP) is 4.94. The average molecular weight is 393 g/mol. The number of nitro groups is 1. The minimum Gasteiger partial charge on any atom is -0.322 e. The van der Waals surface area contributed by atoms with Crippen LogP contribution in [0.1, 0.15) is 28.4 Å². The van der Waals surface area contributed by atoms with Gasteiger partial charge in [0.2, 0.25) is 0 Å². The first-order valence-corrected chi connectivity index (χ1v) is 9.76. The van der Waals surface area contributed by atoms with Crippen molar-refractivity contribution in [1.82, 2.24) is 4.98 Å². The van der Waals surface area contributed by atoms with Gasteiger partial charge in [0.25, 0.3) is 11.6 Å². The standard InChI is InChI=1S/C21H19N3O3S/c1-2-28-20-8-5-17(14-19(20)24(26)27)21(25)23-18-6-3-15(4-7-18)13-16-9-11-22-12-10-16/h3-12,14H,2,13H2,1H3,(H,23,25). The minimum atomic E-state index is -0.456. The summed E-state index contributed by atoms with van der Waals surface area (Å²) in [6.45, 7) is 1.92. The van der Waals surface area contributed by atoms with Gasteiger partial charge in [-0.2, -0.15) is 0 Å². The second-order valence-electron chi connectivity index (χ2n) is 6.06. The highest BCUT2D eigenvalue weighted by atomic mass is 32.2. The Morgan fingerprint density at radius 2 is 1.75 bits per heavy atom. The van der Waals surface area contributed by atoms with E-state index in [1.807, 2.05) is 43.3 Å². The normalized spacial score (nSPS) is 10.5. The number of amides is 1. The number of nitrogens with one attached hydrogen (secondary N) is 1. The number of hydrogen-bond donors (Lipinski definition) is 1. The molecule has 0 atom stereocenters. The van der Waals surface area contributed by atoms with Crippen LogP contribution in [0, 0.1) is 10.1 Å². The van der Waals surface area contributed by atoms with E-state index < -0.39 is 4.92 Å². The lowest BCUT2D eigenvalue weighted by Gasteiger charge is -2.08. The Labute approximate surface area is 167 Å². The Balaban J connectivity index is 1.70. The highest BCUT2D eigenvalue weighted by Gasteiger charge is 2.17. The lowest BCUT2D eigenvalue weighted by Crippen LogP contribution is -2.12. The van der Waals surface area contributed by atoms with Crippen molar-refractivity contribution in [3.8, 4) is 0 Å². The summed E-state index contributed by atoms with van der Waals surface area (Å²) in [6, 6.07) is 16.0. The first kappa shape index (κ1) is 19.6. The summed E-state index contributed by atoms with van der Waals surface area (Å²) in [7, 11) is 0. The number of carbonyl (C=O) groups excluding carboxylic acids is 1. The van der Waals surface area contributed by atoms with Crippen LogP contribution >= 0.6 is 11.8 Å². The Bertz CT molecular complexity index is 976. The molecule has 7 heteroatoms. The Kier molecular flexibility index (Phi) is 6.39. The molecule has 3 aromatic rings. The molecule has 3 rings (SSSR count). The van der Waals surface area contributed by atoms with Gasteiger partial charge in [0.15, 0.2) is 0 Å². The van der Waals surface area contributed by atoms with Gasteiger partial charge in [-0.25, -0.2) is 0 Å². The highest BCUT2D eigenvalue weighted by Crippen LogP contribution is 2.30. The second kappa shape index (κ2) is 9.14. The number of hydrogen-bond acceptors (Lipinski definition) is 5. The Morgan fingerprint density at radius 1 is 1.07 bits per heavy atom. The zero-order valence-corrected chi connectivity index (χ0v) is 16.1. The summed E-state index contributed by atoms with van der Waals surface area (Å²) >= 11 is 1.38. The molecule has 0 saturated heterocycles. The molecule has 0 unspecified atom stereocenters. The number of pyridine rings is 1. The summed E-state index contributed by atoms with van der Waals surface area (Å²) < 4.78 is 0. The van der Waals surface area contributed by atoms with Crippen molar-refractivity contribution < 1.29 is 9.72 Å². The van der Waals surface area contributed by atoms with Crippen LogP contribution in [0.15, 0.2) is 71.9 Å². The minimum absolute atomic E-state index is 0.0489. The van der Waals surface area contributed by atoms with E-state index in [1.165, 1.54) is 17.8 Å². The van der Waals surface area contributed by atoms with Crippen molar-refractivity contribution in [2.24, 2.45) is 0 Å². The van der Waals surface area contributed by atoms with Crippen LogP contribution in [-0.2, 0) is 6.42 Å². The fourth-order valence-corrected chi connectivity index (χ4v) is 3.48. The van der Waals surface area contributed by atoms with Gasteiger partial charge < -0.3 is 5.32 Å². The smallest absolute Gasteiger partial charge is 0.283 e. The fourth-order valence-electron chi connectivity index (χ4n) is 2.72. The number of thioether (sulfide) groups is 1. The van der Waals surface area contributed by atoms with Crippen LogP contribution in [-0.4, -0.2) is 21.6 Å². The van der Waals surface area contributed by atoms with Crippen molar-refractivity contribution in [3.63, 3.8) is 0 Å². The molecule has 0 aliphatic carbocycles. The van der Waals surface area contributed by atoms with E-state index in [-0.39, 0.29) is 17.2 Å². The molecular formula is C21H19N3O3S. The second-order valence-corrected chi connectivity index (χ2v) is 7.36. The lowest BCUT2D eigenvalue weighted by molar-refractivity contribution is -0.387. The molecule has 1 amide bonds. The lowest BCUT2D eigenvalue weighted by atomic mass is 10.1. The van der Waals surface area contributed by atoms with Crippen LogP contribution < -0.4 is 5.32 Å². The molecule has 1 heterocycles. The van der Waals surface area contributed by atoms with Crippen molar-refractivity contribution >= 4 is 29.0 Å². The van der Waals surface area contributed by atoms with Gasteiger partial charge in [-0.3, -0.25) is 19.9 Å². The topological polar surface area (TPSA) is 85.1 Å². The maximum absolute atomic E-state index is 12.5. The summed E-state index contributed by atoms with van der Waals surface area (Å²) in [4.78, 5) is 27.9. The van der Waals surface area contributed by atoms with Gasteiger partial charge in [-0.15, -0.1) is 11.8 Å². The number of nitro benzene ring substituents is 1. The average Bonchev–Trinajstić information content (AvgIpc) is 2.70. The number of anilines is 1. The van der Waals surface area contributed by atoms with E-state index in [2.05, 4.69) is 10.3 Å². The van der Waals surface area contributed by atoms with E-state index in [4.69, 9.17) is 0 Å². The number of nitrogens with zero attached hydrogens (tertiary/aromatic N) is 2. The van der Waals surface area contributed by atoms with Crippen molar-refractivity contribution in [3.05, 3.63) is 93.8 Å². The number of aromatic nitrogens is 1. The molecule has 28 heavy (non-hydrogen) atoms. The first-order chi connectivity index (χ1) is 13.6. The van der Waals surface area contributed by atoms with Gasteiger partial charge in [-0.1, -0.05) is 19.1 Å². The third-order valence-corrected chi connectivity index (χ3v) is 5.03. The largest absolute Gasteiger partial charge is 0.322 e. The molecule has 2 aromatic carbocycles. The summed E-state index contributed by atoms with van der Waals surface area (Å²) in [5.41, 5.74) is 3.11. The van der Waals surface area contributed by atoms with Crippen LogP contribution in [0.5, 0.6) is 0 Å². The third-order valence-electron chi connectivity index (χ3n) is 4.09. The zero-order chi connectivity index (χ0) is 19.9. The van der Waals surface area contributed by atoms with Crippen LogP contribution in [0.2, 0.25) is 0 Å². The fraction of sp³-hybridized carbons (Fsp3) is 0.143. The van der Waals surface area contributed by atoms with E-state index in [0.717, 1.165) is 23.3 Å². The van der Waals surface area contributed by atoms with Crippen molar-refractivity contribution in [1.29, 1.82) is 0 Å². The van der Waals surface area contributed by atoms with E-state index >= 15 is 0 Å². The number of carbonyl (C=O) groups is 1. The number of rotatable bonds is 7. The van der Waals surface area contributed by atoms with Crippen LogP contribution in [0.25, 0.3) is 0 Å². The highest BCUT2D eigenvalue weighted by molar-refractivity contribution is 7.99. The molecular weight excluding hydrogens is 374 g/mol. The molecule has 0 fully saturated rings. The monoisotopic (exact) mass is 393 g/mol. The molecule has 0 bridgehead atoms. The molecule has 142 valence electrons. The quantitative estimate of drug-likeness (QED) is 0.349. The van der Waals surface area contributed by atoms with Crippen LogP contribution in [0.3, 0.4) is 0 Å². The maximum Gasteiger partial charge on any atom is 0.283 e. The molecule has 0 aliphatic rings. The predicted molar refractivity (Wildman–Crippen MR) is 111 cm³/mol. The van der Waals surface area contributed by atoms with Gasteiger partial charge in [0.1, 0.15) is 0 Å². The maximum atomic E-state index is 12.5.